The van der Waals surface area contributed by atoms with E-state index in [-0.39, 0.29) is 24.7 Å². The van der Waals surface area contributed by atoms with Gasteiger partial charge in [0.15, 0.2) is 0 Å². The molecule has 0 aliphatic carbocycles. The topological polar surface area (TPSA) is 109 Å². The number of carbonyl (C=O) groups excluding carboxylic acids is 1. The zero-order valence-corrected chi connectivity index (χ0v) is 14.3. The van der Waals surface area contributed by atoms with Crippen molar-refractivity contribution >= 4 is 11.6 Å². The van der Waals surface area contributed by atoms with Gasteiger partial charge in [0.1, 0.15) is 36.0 Å². The largest absolute Gasteiger partial charge is 0.497 e. The maximum Gasteiger partial charge on any atom is 0.307 e. The molecule has 0 aliphatic heterocycles. The first-order chi connectivity index (χ1) is 11.8. The maximum atomic E-state index is 12.3. The highest BCUT2D eigenvalue weighted by atomic mass is 16.6. The van der Waals surface area contributed by atoms with Crippen LogP contribution < -0.4 is 14.8 Å². The second-order valence-corrected chi connectivity index (χ2v) is 5.74. The Morgan fingerprint density at radius 3 is 2.52 bits per heavy atom. The standard InChI is InChI=1S/C16H20N4O5/c1-16(2,19-11-12(10-18-19)20(22)23)15(21)17-8-9-25-14-6-4-13(24-3)5-7-14/h4-7,10-11H,8-9H2,1-3H3,(H,17,21). The van der Waals surface area contributed by atoms with Gasteiger partial charge in [-0.1, -0.05) is 0 Å². The molecule has 0 saturated carbocycles. The van der Waals surface area contributed by atoms with Crippen molar-refractivity contribution in [1.82, 2.24) is 15.1 Å². The molecule has 2 aromatic rings. The molecule has 0 aliphatic rings. The zero-order chi connectivity index (χ0) is 18.4. The van der Waals surface area contributed by atoms with Gasteiger partial charge in [-0.05, 0) is 38.1 Å². The number of carbonyl (C=O) groups is 1. The molecular weight excluding hydrogens is 328 g/mol. The van der Waals surface area contributed by atoms with Crippen LogP contribution in [0.3, 0.4) is 0 Å². The molecule has 1 heterocycles. The van der Waals surface area contributed by atoms with Gasteiger partial charge in [-0.15, -0.1) is 0 Å². The summed E-state index contributed by atoms with van der Waals surface area (Å²) in [6.07, 6.45) is 2.34. The monoisotopic (exact) mass is 348 g/mol. The number of nitro groups is 1. The van der Waals surface area contributed by atoms with E-state index < -0.39 is 10.5 Å². The van der Waals surface area contributed by atoms with Gasteiger partial charge in [-0.25, -0.2) is 0 Å². The minimum Gasteiger partial charge on any atom is -0.497 e. The number of hydrogen-bond acceptors (Lipinski definition) is 6. The molecule has 9 heteroatoms. The van der Waals surface area contributed by atoms with Gasteiger partial charge in [-0.3, -0.25) is 19.6 Å². The van der Waals surface area contributed by atoms with Crippen LogP contribution in [-0.4, -0.2) is 40.9 Å². The van der Waals surface area contributed by atoms with Gasteiger partial charge in [0.2, 0.25) is 5.91 Å². The van der Waals surface area contributed by atoms with Crippen LogP contribution in [0.1, 0.15) is 13.8 Å². The predicted molar refractivity (Wildman–Crippen MR) is 89.7 cm³/mol. The van der Waals surface area contributed by atoms with Crippen molar-refractivity contribution in [2.75, 3.05) is 20.3 Å². The summed E-state index contributed by atoms with van der Waals surface area (Å²) in [6, 6.07) is 7.10. The van der Waals surface area contributed by atoms with E-state index in [1.807, 2.05) is 0 Å². The van der Waals surface area contributed by atoms with Crippen molar-refractivity contribution in [2.45, 2.75) is 19.4 Å². The van der Waals surface area contributed by atoms with Crippen LogP contribution in [0.25, 0.3) is 0 Å². The molecule has 1 aromatic heterocycles. The molecule has 0 atom stereocenters. The third kappa shape index (κ3) is 4.46. The van der Waals surface area contributed by atoms with Crippen LogP contribution in [0.5, 0.6) is 11.5 Å². The van der Waals surface area contributed by atoms with Crippen molar-refractivity contribution in [3.63, 3.8) is 0 Å². The highest BCUT2D eigenvalue weighted by Crippen LogP contribution is 2.19. The smallest absolute Gasteiger partial charge is 0.307 e. The van der Waals surface area contributed by atoms with Gasteiger partial charge in [-0.2, -0.15) is 5.10 Å². The second kappa shape index (κ2) is 7.65. The summed E-state index contributed by atoms with van der Waals surface area (Å²) in [5.41, 5.74) is -1.22. The van der Waals surface area contributed by atoms with Gasteiger partial charge in [0, 0.05) is 0 Å². The van der Waals surface area contributed by atoms with E-state index in [4.69, 9.17) is 9.47 Å². The normalized spacial score (nSPS) is 11.0. The van der Waals surface area contributed by atoms with Gasteiger partial charge in [0.05, 0.1) is 18.6 Å². The van der Waals surface area contributed by atoms with E-state index in [0.29, 0.717) is 5.75 Å². The number of nitrogens with zero attached hydrogens (tertiary/aromatic N) is 3. The Bertz CT molecular complexity index is 739. The molecule has 0 bridgehead atoms. The lowest BCUT2D eigenvalue weighted by Crippen LogP contribution is -2.45. The summed E-state index contributed by atoms with van der Waals surface area (Å²) in [5.74, 6) is 1.08. The Kier molecular flexibility index (Phi) is 5.58. The van der Waals surface area contributed by atoms with Crippen LogP contribution in [0.15, 0.2) is 36.7 Å². The van der Waals surface area contributed by atoms with Gasteiger partial charge >= 0.3 is 5.69 Å². The lowest BCUT2D eigenvalue weighted by atomic mass is 10.1. The average molecular weight is 348 g/mol. The predicted octanol–water partition coefficient (Wildman–Crippen LogP) is 1.73. The zero-order valence-electron chi connectivity index (χ0n) is 14.3. The Balaban J connectivity index is 1.84. The van der Waals surface area contributed by atoms with E-state index in [9.17, 15) is 14.9 Å². The Morgan fingerprint density at radius 1 is 1.32 bits per heavy atom. The minimum atomic E-state index is -1.06. The molecule has 0 spiro atoms. The summed E-state index contributed by atoms with van der Waals surface area (Å²) >= 11 is 0. The molecular formula is C16H20N4O5. The Hall–Kier alpha value is -3.10. The van der Waals surface area contributed by atoms with Gasteiger partial charge < -0.3 is 14.8 Å². The molecule has 1 aromatic carbocycles. The van der Waals surface area contributed by atoms with Crippen molar-refractivity contribution in [3.05, 3.63) is 46.8 Å². The number of nitrogens with one attached hydrogen (secondary N) is 1. The first-order valence-corrected chi connectivity index (χ1v) is 7.59. The fourth-order valence-electron chi connectivity index (χ4n) is 2.04. The fraction of sp³-hybridized carbons (Fsp3) is 0.375. The van der Waals surface area contributed by atoms with Crippen LogP contribution in [0, 0.1) is 10.1 Å². The molecule has 0 fully saturated rings. The first-order valence-electron chi connectivity index (χ1n) is 7.59. The molecule has 1 N–H and O–H groups in total. The first kappa shape index (κ1) is 18.2. The minimum absolute atomic E-state index is 0.163. The Morgan fingerprint density at radius 2 is 1.96 bits per heavy atom. The van der Waals surface area contributed by atoms with Crippen LogP contribution in [-0.2, 0) is 10.3 Å². The van der Waals surface area contributed by atoms with Crippen LogP contribution >= 0.6 is 0 Å². The molecule has 0 radical (unpaired) electrons. The third-order valence-corrected chi connectivity index (χ3v) is 3.62. The quantitative estimate of drug-likeness (QED) is 0.442. The van der Waals surface area contributed by atoms with E-state index in [2.05, 4.69) is 10.4 Å². The van der Waals surface area contributed by atoms with Crippen molar-refractivity contribution in [3.8, 4) is 11.5 Å². The number of hydrogen-bond donors (Lipinski definition) is 1. The average Bonchev–Trinajstić information content (AvgIpc) is 3.10. The lowest BCUT2D eigenvalue weighted by molar-refractivity contribution is -0.385. The summed E-state index contributed by atoms with van der Waals surface area (Å²) < 4.78 is 11.9. The van der Waals surface area contributed by atoms with E-state index in [1.165, 1.54) is 10.9 Å². The van der Waals surface area contributed by atoms with E-state index >= 15 is 0 Å². The molecule has 2 rings (SSSR count). The number of rotatable bonds is 8. The molecule has 134 valence electrons. The summed E-state index contributed by atoms with van der Waals surface area (Å²) in [7, 11) is 1.58. The molecule has 9 nitrogen and oxygen atoms in total. The van der Waals surface area contributed by atoms with Crippen LogP contribution in [0.4, 0.5) is 5.69 Å². The molecule has 0 saturated heterocycles. The highest BCUT2D eigenvalue weighted by Gasteiger charge is 2.31. The number of amides is 1. The summed E-state index contributed by atoms with van der Waals surface area (Å²) in [4.78, 5) is 22.5. The molecule has 25 heavy (non-hydrogen) atoms. The van der Waals surface area contributed by atoms with Gasteiger partial charge in [0.25, 0.3) is 0 Å². The van der Waals surface area contributed by atoms with Crippen molar-refractivity contribution < 1.29 is 19.2 Å². The van der Waals surface area contributed by atoms with E-state index in [0.717, 1.165) is 11.9 Å². The summed E-state index contributed by atoms with van der Waals surface area (Å²) in [5, 5.41) is 17.4. The molecule has 0 unspecified atom stereocenters. The van der Waals surface area contributed by atoms with Crippen molar-refractivity contribution in [1.29, 1.82) is 0 Å². The number of benzene rings is 1. The SMILES string of the molecule is COc1ccc(OCCNC(=O)C(C)(C)n2cc([N+](=O)[O-])cn2)cc1. The Labute approximate surface area is 144 Å². The lowest BCUT2D eigenvalue weighted by Gasteiger charge is -2.23. The number of aromatic nitrogens is 2. The second-order valence-electron chi connectivity index (χ2n) is 5.74. The van der Waals surface area contributed by atoms with Crippen LogP contribution in [0.2, 0.25) is 0 Å². The summed E-state index contributed by atoms with van der Waals surface area (Å²) in [6.45, 7) is 3.83. The third-order valence-electron chi connectivity index (χ3n) is 3.62. The molecule has 1 amide bonds. The van der Waals surface area contributed by atoms with E-state index in [1.54, 1.807) is 45.2 Å². The fourth-order valence-corrected chi connectivity index (χ4v) is 2.04. The maximum absolute atomic E-state index is 12.3. The van der Waals surface area contributed by atoms with Crippen molar-refractivity contribution in [2.24, 2.45) is 0 Å². The number of methoxy groups -OCH3 is 1. The highest BCUT2D eigenvalue weighted by molar-refractivity contribution is 5.83. The number of ether oxygens (including phenoxy) is 2.